The van der Waals surface area contributed by atoms with E-state index in [0.29, 0.717) is 0 Å². The summed E-state index contributed by atoms with van der Waals surface area (Å²) in [5, 5.41) is 10.1. The highest BCUT2D eigenvalue weighted by Gasteiger charge is 1.34. The lowest BCUT2D eigenvalue weighted by Crippen LogP contribution is -1.49. The number of nitrogens with zero attached hydrogens (tertiary/aromatic N) is 1. The summed E-state index contributed by atoms with van der Waals surface area (Å²) in [5.41, 5.74) is 0. The topological polar surface area (TPSA) is 32.6 Å². The molecule has 0 spiro atoms. The molecule has 46 valence electrons. The smallest absolute Gasteiger partial charge is 0.0404 e. The molecule has 0 atom stereocenters. The standard InChI is InChI=1S/C4H6.C2H5NO/c1-3-4-2;1-2-3-4/h1-2H3;2,4H,1H3/b;3-2+. The Morgan fingerprint density at radius 1 is 1.38 bits per heavy atom. The molecule has 0 aromatic heterocycles. The van der Waals surface area contributed by atoms with Gasteiger partial charge in [-0.1, -0.05) is 0 Å². The van der Waals surface area contributed by atoms with Gasteiger partial charge in [0, 0.05) is 6.21 Å². The van der Waals surface area contributed by atoms with Crippen LogP contribution >= 0.6 is 0 Å². The molecule has 0 unspecified atom stereocenters. The highest BCUT2D eigenvalue weighted by molar-refractivity contribution is 5.51. The Morgan fingerprint density at radius 3 is 1.62 bits per heavy atom. The van der Waals surface area contributed by atoms with Crippen LogP contribution in [0.4, 0.5) is 0 Å². The summed E-state index contributed by atoms with van der Waals surface area (Å²) in [6, 6.07) is 0. The van der Waals surface area contributed by atoms with Crippen LogP contribution in [0.5, 0.6) is 0 Å². The van der Waals surface area contributed by atoms with E-state index in [2.05, 4.69) is 17.0 Å². The maximum atomic E-state index is 7.44. The highest BCUT2D eigenvalue weighted by Crippen LogP contribution is 1.39. The van der Waals surface area contributed by atoms with E-state index in [1.165, 1.54) is 6.21 Å². The fourth-order valence-electron chi connectivity index (χ4n) is 0. The second-order valence-corrected chi connectivity index (χ2v) is 0.874. The second-order valence-electron chi connectivity index (χ2n) is 0.874. The van der Waals surface area contributed by atoms with E-state index in [1.807, 2.05) is 13.8 Å². The predicted molar refractivity (Wildman–Crippen MR) is 35.1 cm³/mol. The van der Waals surface area contributed by atoms with E-state index in [1.54, 1.807) is 6.92 Å². The summed E-state index contributed by atoms with van der Waals surface area (Å²) >= 11 is 0. The zero-order valence-electron chi connectivity index (χ0n) is 5.47. The number of hydrogen-bond donors (Lipinski definition) is 1. The van der Waals surface area contributed by atoms with Gasteiger partial charge in [0.1, 0.15) is 0 Å². The second kappa shape index (κ2) is 16.6. The largest absolute Gasteiger partial charge is 0.411 e. The van der Waals surface area contributed by atoms with Crippen molar-refractivity contribution in [1.29, 1.82) is 0 Å². The zero-order chi connectivity index (χ0) is 6.83. The molecule has 0 amide bonds. The van der Waals surface area contributed by atoms with Gasteiger partial charge in [-0.25, -0.2) is 0 Å². The monoisotopic (exact) mass is 113 g/mol. The van der Waals surface area contributed by atoms with Crippen molar-refractivity contribution in [2.75, 3.05) is 0 Å². The summed E-state index contributed by atoms with van der Waals surface area (Å²) in [4.78, 5) is 0. The average molecular weight is 113 g/mol. The van der Waals surface area contributed by atoms with Gasteiger partial charge in [-0.15, -0.1) is 17.0 Å². The molecule has 2 nitrogen and oxygen atoms in total. The number of hydrogen-bond acceptors (Lipinski definition) is 2. The van der Waals surface area contributed by atoms with Crippen molar-refractivity contribution in [2.24, 2.45) is 5.16 Å². The lowest BCUT2D eigenvalue weighted by Gasteiger charge is -1.54. The Labute approximate surface area is 50.2 Å². The fraction of sp³-hybridized carbons (Fsp3) is 0.500. The van der Waals surface area contributed by atoms with Gasteiger partial charge in [-0.05, 0) is 20.8 Å². The molecule has 0 radical (unpaired) electrons. The SMILES string of the molecule is C/C=N/O.CC#CC. The van der Waals surface area contributed by atoms with Gasteiger partial charge >= 0.3 is 0 Å². The van der Waals surface area contributed by atoms with Gasteiger partial charge in [0.2, 0.25) is 0 Å². The van der Waals surface area contributed by atoms with Crippen LogP contribution in [0.2, 0.25) is 0 Å². The van der Waals surface area contributed by atoms with Crippen LogP contribution < -0.4 is 0 Å². The van der Waals surface area contributed by atoms with Crippen LogP contribution in [0.1, 0.15) is 20.8 Å². The van der Waals surface area contributed by atoms with Crippen LogP contribution in [0.15, 0.2) is 5.16 Å². The van der Waals surface area contributed by atoms with E-state index in [9.17, 15) is 0 Å². The van der Waals surface area contributed by atoms with Gasteiger partial charge in [0.25, 0.3) is 0 Å². The summed E-state index contributed by atoms with van der Waals surface area (Å²) in [6.45, 7) is 5.28. The minimum absolute atomic E-state index is 1.31. The molecule has 0 saturated heterocycles. The van der Waals surface area contributed by atoms with Crippen molar-refractivity contribution in [3.8, 4) is 11.8 Å². The van der Waals surface area contributed by atoms with E-state index in [4.69, 9.17) is 5.21 Å². The van der Waals surface area contributed by atoms with Crippen LogP contribution in [0, 0.1) is 11.8 Å². The Kier molecular flexibility index (Phi) is 21.0. The quantitative estimate of drug-likeness (QED) is 0.219. The molecule has 8 heavy (non-hydrogen) atoms. The van der Waals surface area contributed by atoms with E-state index in [0.717, 1.165) is 0 Å². The summed E-state index contributed by atoms with van der Waals surface area (Å²) in [5.74, 6) is 5.36. The van der Waals surface area contributed by atoms with E-state index >= 15 is 0 Å². The Hall–Kier alpha value is -0.970. The van der Waals surface area contributed by atoms with E-state index in [-0.39, 0.29) is 0 Å². The van der Waals surface area contributed by atoms with Crippen molar-refractivity contribution < 1.29 is 5.21 Å². The Morgan fingerprint density at radius 2 is 1.62 bits per heavy atom. The molecule has 1 N–H and O–H groups in total. The molecule has 2 heteroatoms. The third kappa shape index (κ3) is 77.0. The molecule has 0 aromatic rings. The van der Waals surface area contributed by atoms with Gasteiger partial charge in [0.05, 0.1) is 0 Å². The van der Waals surface area contributed by atoms with Crippen molar-refractivity contribution in [3.05, 3.63) is 0 Å². The molecule has 0 aliphatic rings. The van der Waals surface area contributed by atoms with E-state index < -0.39 is 0 Å². The molecular formula is C6H11NO. The lowest BCUT2D eigenvalue weighted by atomic mass is 10.7. The third-order valence-corrected chi connectivity index (χ3v) is 0.365. The van der Waals surface area contributed by atoms with Crippen molar-refractivity contribution in [2.45, 2.75) is 20.8 Å². The minimum atomic E-state index is 1.31. The first-order valence-corrected chi connectivity index (χ1v) is 2.29. The van der Waals surface area contributed by atoms with Crippen LogP contribution in [-0.4, -0.2) is 11.4 Å². The minimum Gasteiger partial charge on any atom is -0.411 e. The highest BCUT2D eigenvalue weighted by atomic mass is 16.4. The first kappa shape index (κ1) is 10.1. The van der Waals surface area contributed by atoms with Gasteiger partial charge in [-0.3, -0.25) is 0 Å². The molecule has 0 aromatic carbocycles. The summed E-state index contributed by atoms with van der Waals surface area (Å²) < 4.78 is 0. The molecule has 0 bridgehead atoms. The molecule has 0 heterocycles. The molecule has 0 rings (SSSR count). The lowest BCUT2D eigenvalue weighted by molar-refractivity contribution is 0.321. The van der Waals surface area contributed by atoms with Crippen LogP contribution in [0.3, 0.4) is 0 Å². The Bertz CT molecular complexity index is 86.8. The van der Waals surface area contributed by atoms with Crippen molar-refractivity contribution in [1.82, 2.24) is 0 Å². The molecular weight excluding hydrogens is 102 g/mol. The van der Waals surface area contributed by atoms with Crippen LogP contribution in [0.25, 0.3) is 0 Å². The van der Waals surface area contributed by atoms with Crippen molar-refractivity contribution >= 4 is 6.21 Å². The maximum Gasteiger partial charge on any atom is 0.0404 e. The fourth-order valence-corrected chi connectivity index (χ4v) is 0. The molecule has 0 aliphatic heterocycles. The Balaban J connectivity index is 0. The predicted octanol–water partition coefficient (Wildman–Crippen LogP) is 1.50. The molecule has 0 fully saturated rings. The van der Waals surface area contributed by atoms with Gasteiger partial charge < -0.3 is 5.21 Å². The van der Waals surface area contributed by atoms with Gasteiger partial charge in [0.15, 0.2) is 0 Å². The first-order chi connectivity index (χ1) is 3.83. The van der Waals surface area contributed by atoms with Crippen LogP contribution in [-0.2, 0) is 0 Å². The first-order valence-electron chi connectivity index (χ1n) is 2.29. The molecule has 0 saturated carbocycles. The molecule has 0 aliphatic carbocycles. The number of rotatable bonds is 0. The summed E-state index contributed by atoms with van der Waals surface area (Å²) in [7, 11) is 0. The van der Waals surface area contributed by atoms with Crippen molar-refractivity contribution in [3.63, 3.8) is 0 Å². The normalized spacial score (nSPS) is 6.38. The maximum absolute atomic E-state index is 7.44. The number of oxime groups is 1. The third-order valence-electron chi connectivity index (χ3n) is 0.365. The van der Waals surface area contributed by atoms with Gasteiger partial charge in [-0.2, -0.15) is 0 Å². The summed E-state index contributed by atoms with van der Waals surface area (Å²) in [6.07, 6.45) is 1.31. The average Bonchev–Trinajstić information content (AvgIpc) is 1.88. The zero-order valence-corrected chi connectivity index (χ0v) is 5.47.